The van der Waals surface area contributed by atoms with Crippen molar-refractivity contribution in [2.75, 3.05) is 13.2 Å². The quantitative estimate of drug-likeness (QED) is 0.587. The molecule has 1 aromatic heterocycles. The number of ether oxygens (including phenoxy) is 1. The molecule has 0 aromatic carbocycles. The number of aromatic amines is 1. The molecule has 0 fully saturated rings. The highest BCUT2D eigenvalue weighted by molar-refractivity contribution is 9.13. The van der Waals surface area contributed by atoms with Gasteiger partial charge >= 0.3 is 5.97 Å². The SMILES string of the molecule is CCOC(=O)CCCNC(=O)c1[nH]cc(Br)c1Br. The van der Waals surface area contributed by atoms with Crippen molar-refractivity contribution in [2.24, 2.45) is 0 Å². The number of aromatic nitrogens is 1. The number of hydrogen-bond acceptors (Lipinski definition) is 3. The number of carbonyl (C=O) groups excluding carboxylic acids is 2. The van der Waals surface area contributed by atoms with Gasteiger partial charge in [0.25, 0.3) is 5.91 Å². The first-order valence-electron chi connectivity index (χ1n) is 5.52. The number of nitrogens with one attached hydrogen (secondary N) is 2. The van der Waals surface area contributed by atoms with Crippen molar-refractivity contribution in [2.45, 2.75) is 19.8 Å². The highest BCUT2D eigenvalue weighted by Gasteiger charge is 2.13. The molecule has 0 unspecified atom stereocenters. The second kappa shape index (κ2) is 7.58. The van der Waals surface area contributed by atoms with Crippen LogP contribution in [0.5, 0.6) is 0 Å². The molecule has 2 N–H and O–H groups in total. The Balaban J connectivity index is 2.30. The fraction of sp³-hybridized carbons (Fsp3) is 0.455. The molecule has 0 spiro atoms. The van der Waals surface area contributed by atoms with E-state index in [1.807, 2.05) is 0 Å². The Hall–Kier alpha value is -0.820. The summed E-state index contributed by atoms with van der Waals surface area (Å²) >= 11 is 6.57. The third-order valence-corrected chi connectivity index (χ3v) is 4.13. The molecule has 0 saturated heterocycles. The van der Waals surface area contributed by atoms with E-state index < -0.39 is 0 Å². The lowest BCUT2D eigenvalue weighted by atomic mass is 10.3. The van der Waals surface area contributed by atoms with Crippen LogP contribution >= 0.6 is 31.9 Å². The smallest absolute Gasteiger partial charge is 0.305 e. The molecule has 0 aliphatic carbocycles. The van der Waals surface area contributed by atoms with Crippen LogP contribution in [-0.4, -0.2) is 30.0 Å². The molecule has 7 heteroatoms. The predicted molar refractivity (Wildman–Crippen MR) is 74.4 cm³/mol. The Kier molecular flexibility index (Phi) is 6.42. The summed E-state index contributed by atoms with van der Waals surface area (Å²) in [6.07, 6.45) is 2.55. The lowest BCUT2D eigenvalue weighted by Gasteiger charge is -2.04. The number of esters is 1. The van der Waals surface area contributed by atoms with E-state index in [9.17, 15) is 9.59 Å². The summed E-state index contributed by atoms with van der Waals surface area (Å²) in [5.74, 6) is -0.452. The fourth-order valence-corrected chi connectivity index (χ4v) is 2.02. The molecule has 0 bridgehead atoms. The molecular formula is C11H14Br2N2O3. The van der Waals surface area contributed by atoms with Crippen LogP contribution in [0, 0.1) is 0 Å². The van der Waals surface area contributed by atoms with Gasteiger partial charge in [-0.25, -0.2) is 0 Å². The van der Waals surface area contributed by atoms with Gasteiger partial charge in [-0.2, -0.15) is 0 Å². The molecule has 0 aliphatic heterocycles. The van der Waals surface area contributed by atoms with E-state index in [4.69, 9.17) is 4.74 Å². The molecule has 1 heterocycles. The fourth-order valence-electron chi connectivity index (χ4n) is 1.30. The van der Waals surface area contributed by atoms with Crippen molar-refractivity contribution in [1.82, 2.24) is 10.3 Å². The molecule has 0 atom stereocenters. The van der Waals surface area contributed by atoms with Crippen molar-refractivity contribution in [3.05, 3.63) is 20.8 Å². The van der Waals surface area contributed by atoms with Crippen molar-refractivity contribution >= 4 is 43.7 Å². The minimum Gasteiger partial charge on any atom is -0.466 e. The van der Waals surface area contributed by atoms with Crippen molar-refractivity contribution in [3.63, 3.8) is 0 Å². The highest BCUT2D eigenvalue weighted by atomic mass is 79.9. The number of hydrogen-bond donors (Lipinski definition) is 2. The molecule has 1 amide bonds. The van der Waals surface area contributed by atoms with E-state index in [1.165, 1.54) is 0 Å². The van der Waals surface area contributed by atoms with Crippen molar-refractivity contribution < 1.29 is 14.3 Å². The van der Waals surface area contributed by atoms with E-state index >= 15 is 0 Å². The monoisotopic (exact) mass is 380 g/mol. The van der Waals surface area contributed by atoms with E-state index in [2.05, 4.69) is 42.2 Å². The lowest BCUT2D eigenvalue weighted by Crippen LogP contribution is -2.25. The second-order valence-corrected chi connectivity index (χ2v) is 5.14. The summed E-state index contributed by atoms with van der Waals surface area (Å²) in [4.78, 5) is 25.6. The second-order valence-electron chi connectivity index (χ2n) is 3.49. The van der Waals surface area contributed by atoms with Gasteiger partial charge in [-0.15, -0.1) is 0 Å². The Morgan fingerprint density at radius 1 is 1.44 bits per heavy atom. The summed E-state index contributed by atoms with van der Waals surface area (Å²) in [6, 6.07) is 0. The Morgan fingerprint density at radius 3 is 2.72 bits per heavy atom. The molecule has 18 heavy (non-hydrogen) atoms. The number of H-pyrrole nitrogens is 1. The first kappa shape index (κ1) is 15.2. The largest absolute Gasteiger partial charge is 0.466 e. The average molecular weight is 382 g/mol. The number of carbonyl (C=O) groups is 2. The maximum Gasteiger partial charge on any atom is 0.305 e. The van der Waals surface area contributed by atoms with Crippen LogP contribution < -0.4 is 5.32 Å². The van der Waals surface area contributed by atoms with Gasteiger partial charge in [0.05, 0.1) is 15.6 Å². The lowest BCUT2D eigenvalue weighted by molar-refractivity contribution is -0.143. The zero-order valence-corrected chi connectivity index (χ0v) is 13.1. The molecule has 0 aliphatic rings. The molecule has 0 radical (unpaired) electrons. The van der Waals surface area contributed by atoms with Crippen LogP contribution in [-0.2, 0) is 9.53 Å². The molecule has 0 saturated carbocycles. The van der Waals surface area contributed by atoms with E-state index in [0.717, 1.165) is 4.47 Å². The van der Waals surface area contributed by atoms with Gasteiger partial charge in [0.2, 0.25) is 0 Å². The first-order chi connectivity index (χ1) is 8.56. The molecule has 1 aromatic rings. The van der Waals surface area contributed by atoms with Crippen LogP contribution in [0.3, 0.4) is 0 Å². The summed E-state index contributed by atoms with van der Waals surface area (Å²) in [7, 11) is 0. The maximum absolute atomic E-state index is 11.7. The normalized spacial score (nSPS) is 10.2. The van der Waals surface area contributed by atoms with Crippen LogP contribution in [0.25, 0.3) is 0 Å². The van der Waals surface area contributed by atoms with E-state index in [0.29, 0.717) is 36.2 Å². The van der Waals surface area contributed by atoms with Gasteiger partial charge < -0.3 is 15.0 Å². The summed E-state index contributed by atoms with van der Waals surface area (Å²) in [5, 5.41) is 2.72. The van der Waals surface area contributed by atoms with Gasteiger partial charge in [-0.05, 0) is 45.2 Å². The van der Waals surface area contributed by atoms with Gasteiger partial charge in [0, 0.05) is 19.2 Å². The van der Waals surface area contributed by atoms with Gasteiger partial charge in [0.15, 0.2) is 0 Å². The predicted octanol–water partition coefficient (Wildman–Crippen LogP) is 2.61. The average Bonchev–Trinajstić information content (AvgIpc) is 2.66. The maximum atomic E-state index is 11.7. The minimum atomic E-state index is -0.240. The van der Waals surface area contributed by atoms with Crippen LogP contribution in [0.4, 0.5) is 0 Å². The zero-order chi connectivity index (χ0) is 13.5. The summed E-state index contributed by atoms with van der Waals surface area (Å²) in [6.45, 7) is 2.58. The minimum absolute atomic E-state index is 0.212. The number of amides is 1. The van der Waals surface area contributed by atoms with Gasteiger partial charge in [-0.3, -0.25) is 9.59 Å². The van der Waals surface area contributed by atoms with Crippen LogP contribution in [0.1, 0.15) is 30.3 Å². The standard InChI is InChI=1S/C11H14Br2N2O3/c1-2-18-8(16)4-3-5-14-11(17)10-9(13)7(12)6-15-10/h6,15H,2-5H2,1H3,(H,14,17). The van der Waals surface area contributed by atoms with Crippen LogP contribution in [0.2, 0.25) is 0 Å². The Labute approximate surface area is 122 Å². The third-order valence-electron chi connectivity index (χ3n) is 2.15. The van der Waals surface area contributed by atoms with Crippen molar-refractivity contribution in [1.29, 1.82) is 0 Å². The summed E-state index contributed by atoms with van der Waals surface area (Å²) in [5.41, 5.74) is 0.456. The third kappa shape index (κ3) is 4.45. The van der Waals surface area contributed by atoms with E-state index in [1.54, 1.807) is 13.1 Å². The molecule has 5 nitrogen and oxygen atoms in total. The number of halogens is 2. The topological polar surface area (TPSA) is 71.2 Å². The Bertz CT molecular complexity index is 432. The molecular weight excluding hydrogens is 368 g/mol. The van der Waals surface area contributed by atoms with Crippen LogP contribution in [0.15, 0.2) is 15.1 Å². The number of rotatable bonds is 6. The summed E-state index contributed by atoms with van der Waals surface area (Å²) < 4.78 is 6.26. The first-order valence-corrected chi connectivity index (χ1v) is 7.11. The highest BCUT2D eigenvalue weighted by Crippen LogP contribution is 2.26. The zero-order valence-electron chi connectivity index (χ0n) is 9.89. The molecule has 100 valence electrons. The Morgan fingerprint density at radius 2 is 2.17 bits per heavy atom. The van der Waals surface area contributed by atoms with Gasteiger partial charge in [-0.1, -0.05) is 0 Å². The molecule has 1 rings (SSSR count). The van der Waals surface area contributed by atoms with Gasteiger partial charge in [0.1, 0.15) is 5.69 Å². The van der Waals surface area contributed by atoms with Crippen molar-refractivity contribution in [3.8, 4) is 0 Å². The van der Waals surface area contributed by atoms with E-state index in [-0.39, 0.29) is 11.9 Å².